The highest BCUT2D eigenvalue weighted by Crippen LogP contribution is 2.35. The highest BCUT2D eigenvalue weighted by molar-refractivity contribution is 6.40. The lowest BCUT2D eigenvalue weighted by atomic mass is 10.1. The van der Waals surface area contributed by atoms with E-state index in [1.165, 1.54) is 12.1 Å². The normalized spacial score (nSPS) is 11.0. The molecule has 0 heterocycles. The molecule has 0 atom stereocenters. The predicted octanol–water partition coefficient (Wildman–Crippen LogP) is 7.33. The van der Waals surface area contributed by atoms with Crippen LogP contribution in [0.1, 0.15) is 11.1 Å². The van der Waals surface area contributed by atoms with Crippen molar-refractivity contribution in [3.05, 3.63) is 102 Å². The summed E-state index contributed by atoms with van der Waals surface area (Å²) in [7, 11) is 0. The molecular weight excluding hydrogens is 524 g/mol. The number of nitrogens with zero attached hydrogens (tertiary/aromatic N) is 2. The van der Waals surface area contributed by atoms with Crippen LogP contribution in [0, 0.1) is 21.4 Å². The Balaban J connectivity index is 1.77. The van der Waals surface area contributed by atoms with Crippen LogP contribution in [-0.4, -0.2) is 10.8 Å². The number of anilines is 1. The van der Waals surface area contributed by atoms with Crippen LogP contribution in [0.15, 0.2) is 60.2 Å². The van der Waals surface area contributed by atoms with E-state index in [1.807, 2.05) is 18.2 Å². The molecule has 0 aliphatic rings. The number of nitriles is 1. The van der Waals surface area contributed by atoms with Gasteiger partial charge < -0.3 is 10.1 Å². The number of hydrogen-bond donors (Lipinski definition) is 1. The molecule has 3 aromatic carbocycles. The Bertz CT molecular complexity index is 1330. The second kappa shape index (κ2) is 11.2. The van der Waals surface area contributed by atoms with Crippen LogP contribution < -0.4 is 10.1 Å². The molecule has 11 heteroatoms. The first-order valence-electron chi connectivity index (χ1n) is 9.42. The summed E-state index contributed by atoms with van der Waals surface area (Å²) in [5.74, 6) is -0.415. The maximum atomic E-state index is 12.6. The number of non-ortho nitro benzene ring substituents is 1. The van der Waals surface area contributed by atoms with Gasteiger partial charge in [0, 0.05) is 22.7 Å². The van der Waals surface area contributed by atoms with Crippen LogP contribution in [0.2, 0.25) is 20.1 Å². The lowest BCUT2D eigenvalue weighted by molar-refractivity contribution is -0.384. The Labute approximate surface area is 214 Å². The molecule has 0 unspecified atom stereocenters. The molecule has 3 aromatic rings. The van der Waals surface area contributed by atoms with Crippen LogP contribution in [0.25, 0.3) is 6.08 Å². The minimum atomic E-state index is -0.810. The van der Waals surface area contributed by atoms with Gasteiger partial charge in [0.05, 0.1) is 25.7 Å². The molecule has 0 aliphatic heterocycles. The number of hydrogen-bond acceptors (Lipinski definition) is 5. The number of carbonyl (C=O) groups excluding carboxylic acids is 1. The third-order valence-electron chi connectivity index (χ3n) is 4.45. The first-order chi connectivity index (χ1) is 16.2. The Morgan fingerprint density at radius 3 is 2.29 bits per heavy atom. The number of nitrogens with one attached hydrogen (secondary N) is 1. The van der Waals surface area contributed by atoms with Crippen LogP contribution in [0.3, 0.4) is 0 Å². The number of ether oxygens (including phenoxy) is 1. The van der Waals surface area contributed by atoms with Crippen molar-refractivity contribution in [1.29, 1.82) is 5.26 Å². The van der Waals surface area contributed by atoms with Crippen LogP contribution >= 0.6 is 46.4 Å². The monoisotopic (exact) mass is 535 g/mol. The third-order valence-corrected chi connectivity index (χ3v) is 5.71. The van der Waals surface area contributed by atoms with Gasteiger partial charge in [-0.1, -0.05) is 70.7 Å². The topological polar surface area (TPSA) is 105 Å². The van der Waals surface area contributed by atoms with E-state index in [2.05, 4.69) is 5.32 Å². The molecule has 0 saturated carbocycles. The van der Waals surface area contributed by atoms with E-state index in [9.17, 15) is 20.2 Å². The van der Waals surface area contributed by atoms with E-state index in [0.717, 1.165) is 17.7 Å². The van der Waals surface area contributed by atoms with Crippen molar-refractivity contribution in [1.82, 2.24) is 0 Å². The smallest absolute Gasteiger partial charge is 0.272 e. The minimum absolute atomic E-state index is 0.0542. The Morgan fingerprint density at radius 1 is 1.03 bits per heavy atom. The van der Waals surface area contributed by atoms with Crippen molar-refractivity contribution < 1.29 is 14.5 Å². The number of benzene rings is 3. The lowest BCUT2D eigenvalue weighted by Crippen LogP contribution is -2.14. The quantitative estimate of drug-likeness (QED) is 0.147. The molecule has 34 heavy (non-hydrogen) atoms. The number of amides is 1. The van der Waals surface area contributed by atoms with Gasteiger partial charge in [-0.05, 0) is 29.8 Å². The molecule has 0 aliphatic carbocycles. The van der Waals surface area contributed by atoms with Gasteiger partial charge in [-0.15, -0.1) is 0 Å². The van der Waals surface area contributed by atoms with Crippen LogP contribution in [-0.2, 0) is 11.4 Å². The van der Waals surface area contributed by atoms with Crippen molar-refractivity contribution in [2.75, 3.05) is 5.32 Å². The number of carbonyl (C=O) groups is 1. The van der Waals surface area contributed by atoms with Crippen molar-refractivity contribution in [2.45, 2.75) is 6.61 Å². The lowest BCUT2D eigenvalue weighted by Gasteiger charge is -2.10. The number of nitro benzene ring substituents is 1. The predicted molar refractivity (Wildman–Crippen MR) is 133 cm³/mol. The van der Waals surface area contributed by atoms with Gasteiger partial charge in [-0.25, -0.2) is 0 Å². The van der Waals surface area contributed by atoms with Gasteiger partial charge in [0.1, 0.15) is 24.0 Å². The fourth-order valence-corrected chi connectivity index (χ4v) is 3.78. The van der Waals surface area contributed by atoms with E-state index < -0.39 is 10.8 Å². The van der Waals surface area contributed by atoms with Gasteiger partial charge in [-0.3, -0.25) is 14.9 Å². The molecule has 0 aromatic heterocycles. The maximum absolute atomic E-state index is 12.6. The summed E-state index contributed by atoms with van der Waals surface area (Å²) in [5, 5.41) is 23.3. The summed E-state index contributed by atoms with van der Waals surface area (Å²) in [5.41, 5.74) is 0.585. The SMILES string of the molecule is N#C/C(=C\c1ccc(OCc2ccccc2Cl)c(Cl)c1)C(=O)Nc1c(Cl)cc([N+](=O)[O-])cc1Cl. The van der Waals surface area contributed by atoms with Crippen molar-refractivity contribution in [3.63, 3.8) is 0 Å². The summed E-state index contributed by atoms with van der Waals surface area (Å²) in [4.78, 5) is 22.8. The fourth-order valence-electron chi connectivity index (χ4n) is 2.78. The average Bonchev–Trinajstić information content (AvgIpc) is 2.79. The Morgan fingerprint density at radius 2 is 1.71 bits per heavy atom. The van der Waals surface area contributed by atoms with E-state index in [0.29, 0.717) is 16.3 Å². The molecule has 0 radical (unpaired) electrons. The summed E-state index contributed by atoms with van der Waals surface area (Å²) in [6.07, 6.45) is 1.31. The second-order valence-corrected chi connectivity index (χ2v) is 8.36. The van der Waals surface area contributed by atoms with Gasteiger partial charge in [0.2, 0.25) is 0 Å². The Hall–Kier alpha value is -3.28. The molecule has 0 fully saturated rings. The van der Waals surface area contributed by atoms with E-state index in [-0.39, 0.29) is 38.6 Å². The second-order valence-electron chi connectivity index (χ2n) is 6.74. The van der Waals surface area contributed by atoms with Crippen LogP contribution in [0.5, 0.6) is 5.75 Å². The highest BCUT2D eigenvalue weighted by atomic mass is 35.5. The van der Waals surface area contributed by atoms with Crippen molar-refractivity contribution in [3.8, 4) is 11.8 Å². The Kier molecular flexibility index (Phi) is 8.37. The first-order valence-corrected chi connectivity index (χ1v) is 10.9. The zero-order chi connectivity index (χ0) is 24.8. The molecule has 0 spiro atoms. The number of rotatable bonds is 7. The van der Waals surface area contributed by atoms with Gasteiger partial charge in [0.25, 0.3) is 11.6 Å². The number of halogens is 4. The summed E-state index contributed by atoms with van der Waals surface area (Å²) >= 11 is 24.4. The summed E-state index contributed by atoms with van der Waals surface area (Å²) in [6, 6.07) is 15.8. The molecule has 1 N–H and O–H groups in total. The highest BCUT2D eigenvalue weighted by Gasteiger charge is 2.18. The fraction of sp³-hybridized carbons (Fsp3) is 0.0435. The zero-order valence-electron chi connectivity index (χ0n) is 17.0. The average molecular weight is 537 g/mol. The first kappa shape index (κ1) is 25.3. The van der Waals surface area contributed by atoms with Crippen LogP contribution in [0.4, 0.5) is 11.4 Å². The molecule has 7 nitrogen and oxygen atoms in total. The summed E-state index contributed by atoms with van der Waals surface area (Å²) in [6.45, 7) is 0.206. The van der Waals surface area contributed by atoms with Crippen molar-refractivity contribution >= 4 is 69.8 Å². The zero-order valence-corrected chi connectivity index (χ0v) is 20.0. The molecular formula is C23H13Cl4N3O4. The molecule has 3 rings (SSSR count). The van der Waals surface area contributed by atoms with Gasteiger partial charge >= 0.3 is 0 Å². The summed E-state index contributed by atoms with van der Waals surface area (Å²) < 4.78 is 5.71. The maximum Gasteiger partial charge on any atom is 0.272 e. The molecule has 1 amide bonds. The molecule has 0 bridgehead atoms. The minimum Gasteiger partial charge on any atom is -0.487 e. The van der Waals surface area contributed by atoms with Gasteiger partial charge in [-0.2, -0.15) is 5.26 Å². The molecule has 0 saturated heterocycles. The largest absolute Gasteiger partial charge is 0.487 e. The van der Waals surface area contributed by atoms with E-state index in [1.54, 1.807) is 24.3 Å². The standard InChI is InChI=1S/C23H13Cl4N3O4/c24-17-4-2-1-3-14(17)12-34-21-6-5-13(8-18(21)25)7-15(11-28)23(31)29-22-19(26)9-16(30(32)33)10-20(22)27/h1-10H,12H2,(H,29,31)/b15-7+. The van der Waals surface area contributed by atoms with E-state index in [4.69, 9.17) is 51.1 Å². The molecule has 172 valence electrons. The van der Waals surface area contributed by atoms with Gasteiger partial charge in [0.15, 0.2) is 0 Å². The van der Waals surface area contributed by atoms with E-state index >= 15 is 0 Å². The van der Waals surface area contributed by atoms with Crippen molar-refractivity contribution in [2.24, 2.45) is 0 Å². The number of nitro groups is 1. The third kappa shape index (κ3) is 6.19.